The Hall–Kier alpha value is -2.53. The van der Waals surface area contributed by atoms with Crippen LogP contribution in [0.5, 0.6) is 5.75 Å². The van der Waals surface area contributed by atoms with E-state index < -0.39 is 0 Å². The highest BCUT2D eigenvalue weighted by atomic mass is 32.1. The molecule has 0 aliphatic carbocycles. The monoisotopic (exact) mass is 393 g/mol. The van der Waals surface area contributed by atoms with Crippen molar-refractivity contribution in [3.8, 4) is 5.75 Å². The number of piperazine rings is 1. The van der Waals surface area contributed by atoms with Gasteiger partial charge < -0.3 is 19.9 Å². The molecule has 2 aromatic rings. The number of para-hydroxylation sites is 2. The van der Waals surface area contributed by atoms with Gasteiger partial charge in [0.2, 0.25) is 0 Å². The summed E-state index contributed by atoms with van der Waals surface area (Å²) in [5, 5.41) is 4.19. The van der Waals surface area contributed by atoms with Crippen LogP contribution in [-0.2, 0) is 0 Å². The van der Waals surface area contributed by atoms with E-state index in [0.29, 0.717) is 6.04 Å². The highest BCUT2D eigenvalue weighted by Gasteiger charge is 2.25. The number of ether oxygens (including phenoxy) is 1. The number of hydrogen-bond donors (Lipinski definition) is 1. The molecular weight excluding hydrogens is 366 g/mol. The highest BCUT2D eigenvalue weighted by molar-refractivity contribution is 7.80. The molecule has 2 aliphatic rings. The van der Waals surface area contributed by atoms with E-state index >= 15 is 0 Å². The highest BCUT2D eigenvalue weighted by Crippen LogP contribution is 2.31. The molecule has 4 rings (SSSR count). The number of allylic oxidation sites excluding steroid dienone is 1. The maximum atomic E-state index is 5.85. The summed E-state index contributed by atoms with van der Waals surface area (Å²) in [7, 11) is 0. The van der Waals surface area contributed by atoms with Gasteiger partial charge in [-0.05, 0) is 55.8 Å². The van der Waals surface area contributed by atoms with Crippen molar-refractivity contribution < 1.29 is 4.74 Å². The zero-order chi connectivity index (χ0) is 19.3. The predicted octanol–water partition coefficient (Wildman–Crippen LogP) is 4.29. The number of benzene rings is 2. The molecule has 1 atom stereocenters. The molecule has 28 heavy (non-hydrogen) atoms. The summed E-state index contributed by atoms with van der Waals surface area (Å²) in [5.41, 5.74) is 3.70. The lowest BCUT2D eigenvalue weighted by atomic mass is 10.0. The average molecular weight is 394 g/mol. The van der Waals surface area contributed by atoms with Gasteiger partial charge in [-0.1, -0.05) is 36.4 Å². The lowest BCUT2D eigenvalue weighted by Crippen LogP contribution is -2.55. The lowest BCUT2D eigenvalue weighted by molar-refractivity contribution is 0.317. The van der Waals surface area contributed by atoms with Crippen molar-refractivity contribution >= 4 is 28.6 Å². The predicted molar refractivity (Wildman–Crippen MR) is 120 cm³/mol. The van der Waals surface area contributed by atoms with E-state index in [9.17, 15) is 0 Å². The molecule has 2 aromatic carbocycles. The van der Waals surface area contributed by atoms with Crippen LogP contribution in [0.2, 0.25) is 0 Å². The topological polar surface area (TPSA) is 27.7 Å². The maximum absolute atomic E-state index is 5.85. The Morgan fingerprint density at radius 2 is 1.89 bits per heavy atom. The first-order valence-corrected chi connectivity index (χ1v) is 10.4. The zero-order valence-electron chi connectivity index (χ0n) is 16.3. The smallest absolute Gasteiger partial charge is 0.173 e. The molecule has 0 spiro atoms. The number of hydrogen-bond acceptors (Lipinski definition) is 3. The quantitative estimate of drug-likeness (QED) is 0.769. The molecule has 1 unspecified atom stereocenters. The molecule has 0 aromatic heterocycles. The molecule has 0 saturated carbocycles. The standard InChI is InChI=1S/C23H27N3OS/c1-18-17-25(13-14-26(18)20-9-3-2-4-10-20)23(28)24-16-19-8-7-15-27-22-12-6-5-11-21(19)22/h2-6,9-12,16,18H,7-8,13-15,17H2,1H3,(H,24,28)/b19-16-. The Balaban J connectivity index is 1.40. The first kappa shape index (κ1) is 18.8. The molecule has 1 saturated heterocycles. The van der Waals surface area contributed by atoms with Crippen molar-refractivity contribution in [2.24, 2.45) is 0 Å². The fourth-order valence-electron chi connectivity index (χ4n) is 3.97. The van der Waals surface area contributed by atoms with E-state index in [2.05, 4.69) is 70.7 Å². The summed E-state index contributed by atoms with van der Waals surface area (Å²) >= 11 is 5.70. The number of nitrogens with zero attached hydrogens (tertiary/aromatic N) is 2. The molecule has 2 aliphatic heterocycles. The Kier molecular flexibility index (Phi) is 5.81. The van der Waals surface area contributed by atoms with Gasteiger partial charge >= 0.3 is 0 Å². The molecular formula is C23H27N3OS. The summed E-state index contributed by atoms with van der Waals surface area (Å²) in [5.74, 6) is 0.962. The molecule has 1 N–H and O–H groups in total. The van der Waals surface area contributed by atoms with Gasteiger partial charge in [-0.3, -0.25) is 0 Å². The van der Waals surface area contributed by atoms with Crippen LogP contribution >= 0.6 is 12.2 Å². The van der Waals surface area contributed by atoms with Crippen LogP contribution in [0.1, 0.15) is 25.3 Å². The lowest BCUT2D eigenvalue weighted by Gasteiger charge is -2.42. The average Bonchev–Trinajstić information content (AvgIpc) is 2.95. The SMILES string of the molecule is CC1CN(C(=S)N/C=C2/CCCOc3ccccc32)CCN1c1ccccc1. The minimum atomic E-state index is 0.413. The Bertz CT molecular complexity index is 852. The number of nitrogens with one attached hydrogen (secondary N) is 1. The fourth-order valence-corrected chi connectivity index (χ4v) is 4.20. The van der Waals surface area contributed by atoms with Gasteiger partial charge in [0.05, 0.1) is 6.61 Å². The molecule has 0 amide bonds. The minimum absolute atomic E-state index is 0.413. The van der Waals surface area contributed by atoms with Crippen LogP contribution in [0.4, 0.5) is 5.69 Å². The largest absolute Gasteiger partial charge is 0.493 e. The summed E-state index contributed by atoms with van der Waals surface area (Å²) < 4.78 is 5.85. The summed E-state index contributed by atoms with van der Waals surface area (Å²) in [4.78, 5) is 4.73. The van der Waals surface area contributed by atoms with Crippen LogP contribution in [0.25, 0.3) is 5.57 Å². The Morgan fingerprint density at radius 3 is 2.71 bits per heavy atom. The van der Waals surface area contributed by atoms with Crippen LogP contribution < -0.4 is 15.0 Å². The van der Waals surface area contributed by atoms with Crippen LogP contribution in [0.15, 0.2) is 60.8 Å². The second-order valence-corrected chi connectivity index (χ2v) is 7.78. The first-order valence-electron chi connectivity index (χ1n) is 10.0. The molecule has 5 heteroatoms. The van der Waals surface area contributed by atoms with Gasteiger partial charge in [-0.2, -0.15) is 0 Å². The van der Waals surface area contributed by atoms with E-state index in [-0.39, 0.29) is 0 Å². The van der Waals surface area contributed by atoms with Crippen LogP contribution in [0.3, 0.4) is 0 Å². The van der Waals surface area contributed by atoms with E-state index in [1.807, 2.05) is 12.1 Å². The molecule has 1 fully saturated rings. The van der Waals surface area contributed by atoms with Gasteiger partial charge in [0.15, 0.2) is 5.11 Å². The van der Waals surface area contributed by atoms with E-state index in [0.717, 1.165) is 55.5 Å². The summed E-state index contributed by atoms with van der Waals surface area (Å²) in [6.07, 6.45) is 4.08. The third-order valence-electron chi connectivity index (χ3n) is 5.45. The molecule has 0 bridgehead atoms. The molecule has 2 heterocycles. The van der Waals surface area contributed by atoms with Crippen molar-refractivity contribution in [1.29, 1.82) is 0 Å². The van der Waals surface area contributed by atoms with E-state index in [1.54, 1.807) is 0 Å². The van der Waals surface area contributed by atoms with Gasteiger partial charge in [0, 0.05) is 43.1 Å². The second kappa shape index (κ2) is 8.65. The van der Waals surface area contributed by atoms with Crippen molar-refractivity contribution in [3.63, 3.8) is 0 Å². The van der Waals surface area contributed by atoms with Gasteiger partial charge in [-0.25, -0.2) is 0 Å². The maximum Gasteiger partial charge on any atom is 0.173 e. The van der Waals surface area contributed by atoms with Crippen molar-refractivity contribution in [2.75, 3.05) is 31.1 Å². The third kappa shape index (κ3) is 4.14. The zero-order valence-corrected chi connectivity index (χ0v) is 17.1. The van der Waals surface area contributed by atoms with Gasteiger partial charge in [0.25, 0.3) is 0 Å². The minimum Gasteiger partial charge on any atom is -0.493 e. The number of fused-ring (bicyclic) bond motifs is 1. The number of rotatable bonds is 2. The van der Waals surface area contributed by atoms with Gasteiger partial charge in [-0.15, -0.1) is 0 Å². The summed E-state index contributed by atoms with van der Waals surface area (Å²) in [6, 6.07) is 19.3. The van der Waals surface area contributed by atoms with Crippen molar-refractivity contribution in [1.82, 2.24) is 10.2 Å². The van der Waals surface area contributed by atoms with Crippen LogP contribution in [-0.4, -0.2) is 42.3 Å². The van der Waals surface area contributed by atoms with E-state index in [4.69, 9.17) is 17.0 Å². The summed E-state index contributed by atoms with van der Waals surface area (Å²) in [6.45, 7) is 5.84. The van der Waals surface area contributed by atoms with Crippen molar-refractivity contribution in [3.05, 3.63) is 66.4 Å². The number of thiocarbonyl (C=S) groups is 1. The second-order valence-electron chi connectivity index (χ2n) is 7.39. The van der Waals surface area contributed by atoms with Crippen molar-refractivity contribution in [2.45, 2.75) is 25.8 Å². The molecule has 4 nitrogen and oxygen atoms in total. The Labute approximate surface area is 172 Å². The molecule has 146 valence electrons. The normalized spacial score (nSPS) is 20.9. The molecule has 0 radical (unpaired) electrons. The fraction of sp³-hybridized carbons (Fsp3) is 0.348. The van der Waals surface area contributed by atoms with Crippen LogP contribution in [0, 0.1) is 0 Å². The third-order valence-corrected chi connectivity index (χ3v) is 5.83. The first-order chi connectivity index (χ1) is 13.7. The van der Waals surface area contributed by atoms with E-state index in [1.165, 1.54) is 11.3 Å². The van der Waals surface area contributed by atoms with Gasteiger partial charge in [0.1, 0.15) is 5.75 Å². The number of anilines is 1. The Morgan fingerprint density at radius 1 is 1.11 bits per heavy atom.